The summed E-state index contributed by atoms with van der Waals surface area (Å²) < 4.78 is 7.18. The highest BCUT2D eigenvalue weighted by Crippen LogP contribution is 2.35. The lowest BCUT2D eigenvalue weighted by molar-refractivity contribution is -0.0511. The zero-order chi connectivity index (χ0) is 21.5. The molecule has 5 rings (SSSR count). The molecule has 4 heterocycles. The van der Waals surface area contributed by atoms with E-state index >= 15 is 0 Å². The molecule has 3 unspecified atom stereocenters. The summed E-state index contributed by atoms with van der Waals surface area (Å²) >= 11 is 6.27. The van der Waals surface area contributed by atoms with E-state index in [1.807, 2.05) is 6.07 Å². The molecular weight excluding hydrogens is 422 g/mol. The van der Waals surface area contributed by atoms with Crippen molar-refractivity contribution in [2.24, 2.45) is 0 Å². The molecule has 2 aliphatic rings. The van der Waals surface area contributed by atoms with Crippen LogP contribution < -0.4 is 4.90 Å². The summed E-state index contributed by atoms with van der Waals surface area (Å²) in [6.45, 7) is 1.21. The van der Waals surface area contributed by atoms with E-state index in [2.05, 4.69) is 44.1 Å². The van der Waals surface area contributed by atoms with Crippen LogP contribution in [-0.4, -0.2) is 72.8 Å². The van der Waals surface area contributed by atoms with Gasteiger partial charge in [0.1, 0.15) is 18.3 Å². The van der Waals surface area contributed by atoms with Crippen LogP contribution in [0, 0.1) is 0 Å². The van der Waals surface area contributed by atoms with Crippen molar-refractivity contribution in [3.8, 4) is 0 Å². The zero-order valence-electron chi connectivity index (χ0n) is 16.8. The Morgan fingerprint density at radius 1 is 1.13 bits per heavy atom. The van der Waals surface area contributed by atoms with E-state index < -0.39 is 31.1 Å². The van der Waals surface area contributed by atoms with Gasteiger partial charge in [0.2, 0.25) is 5.28 Å². The molecule has 1 aromatic carbocycles. The first kappa shape index (κ1) is 20.6. The first-order chi connectivity index (χ1) is 15.1. The average Bonchev–Trinajstić information content (AvgIpc) is 3.34. The fraction of sp³-hybridized carbons (Fsp3) is 0.476. The Morgan fingerprint density at radius 2 is 1.94 bits per heavy atom. The van der Waals surface area contributed by atoms with E-state index in [1.54, 1.807) is 0 Å². The lowest BCUT2D eigenvalue weighted by Crippen LogP contribution is -2.35. The molecule has 0 amide bonds. The minimum absolute atomic E-state index is 0.0674. The van der Waals surface area contributed by atoms with Crippen LogP contribution >= 0.6 is 11.6 Å². The van der Waals surface area contributed by atoms with Gasteiger partial charge in [-0.2, -0.15) is 9.97 Å². The van der Waals surface area contributed by atoms with Crippen molar-refractivity contribution in [1.29, 1.82) is 0 Å². The zero-order valence-corrected chi connectivity index (χ0v) is 17.5. The SMILES string of the molecule is OC[C@H]1O[C@@H](n2cnc3c(N4CCCC(c5ccccc5)C4)nc(Cl)nc32)C(O)C1O. The molecule has 0 bridgehead atoms. The number of aliphatic hydroxyl groups excluding tert-OH is 3. The normalized spacial score (nSPS) is 29.0. The Morgan fingerprint density at radius 3 is 2.68 bits per heavy atom. The second kappa shape index (κ2) is 8.33. The summed E-state index contributed by atoms with van der Waals surface area (Å²) in [5, 5.41) is 30.0. The van der Waals surface area contributed by atoms with E-state index in [0.29, 0.717) is 22.9 Å². The number of aliphatic hydroxyl groups is 3. The number of imidazole rings is 1. The molecule has 2 aliphatic heterocycles. The van der Waals surface area contributed by atoms with Crippen molar-refractivity contribution in [2.45, 2.75) is 43.3 Å². The molecule has 2 aromatic heterocycles. The lowest BCUT2D eigenvalue weighted by atomic mass is 9.91. The Hall–Kier alpha value is -2.30. The maximum absolute atomic E-state index is 10.4. The van der Waals surface area contributed by atoms with Crippen molar-refractivity contribution >= 4 is 28.6 Å². The van der Waals surface area contributed by atoms with Gasteiger partial charge in [-0.3, -0.25) is 4.57 Å². The van der Waals surface area contributed by atoms with Crippen molar-refractivity contribution in [1.82, 2.24) is 19.5 Å². The van der Waals surface area contributed by atoms with Gasteiger partial charge in [0.05, 0.1) is 12.9 Å². The van der Waals surface area contributed by atoms with E-state index in [9.17, 15) is 15.3 Å². The number of benzene rings is 1. The van der Waals surface area contributed by atoms with Crippen LogP contribution in [0.3, 0.4) is 0 Å². The van der Waals surface area contributed by atoms with E-state index in [4.69, 9.17) is 16.3 Å². The molecule has 2 saturated heterocycles. The van der Waals surface area contributed by atoms with E-state index in [1.165, 1.54) is 16.5 Å². The fourth-order valence-corrected chi connectivity index (χ4v) is 4.72. The quantitative estimate of drug-likeness (QED) is 0.517. The molecule has 5 atom stereocenters. The summed E-state index contributed by atoms with van der Waals surface area (Å²) in [6, 6.07) is 10.4. The third-order valence-corrected chi connectivity index (χ3v) is 6.33. The van der Waals surface area contributed by atoms with Gasteiger partial charge in [0.25, 0.3) is 0 Å². The third-order valence-electron chi connectivity index (χ3n) is 6.16. The van der Waals surface area contributed by atoms with Crippen LogP contribution in [0.4, 0.5) is 5.82 Å². The molecule has 31 heavy (non-hydrogen) atoms. The van der Waals surface area contributed by atoms with Gasteiger partial charge in [-0.25, -0.2) is 4.98 Å². The first-order valence-corrected chi connectivity index (χ1v) is 10.8. The van der Waals surface area contributed by atoms with Crippen LogP contribution in [0.5, 0.6) is 0 Å². The lowest BCUT2D eigenvalue weighted by Gasteiger charge is -2.34. The monoisotopic (exact) mass is 445 g/mol. The second-order valence-electron chi connectivity index (χ2n) is 8.07. The number of ether oxygens (including phenoxy) is 1. The van der Waals surface area contributed by atoms with Crippen LogP contribution in [-0.2, 0) is 4.74 Å². The van der Waals surface area contributed by atoms with Crippen molar-refractivity contribution in [3.63, 3.8) is 0 Å². The highest BCUT2D eigenvalue weighted by atomic mass is 35.5. The number of hydrogen-bond donors (Lipinski definition) is 3. The van der Waals surface area contributed by atoms with Crippen molar-refractivity contribution in [3.05, 3.63) is 47.5 Å². The number of anilines is 1. The van der Waals surface area contributed by atoms with E-state index in [-0.39, 0.29) is 5.28 Å². The maximum Gasteiger partial charge on any atom is 0.226 e. The maximum atomic E-state index is 10.4. The largest absolute Gasteiger partial charge is 0.394 e. The minimum Gasteiger partial charge on any atom is -0.394 e. The van der Waals surface area contributed by atoms with Gasteiger partial charge in [-0.05, 0) is 30.0 Å². The molecular formula is C21H24ClN5O4. The molecule has 3 N–H and O–H groups in total. The summed E-state index contributed by atoms with van der Waals surface area (Å²) in [6.07, 6.45) is -0.657. The minimum atomic E-state index is -1.23. The predicted octanol–water partition coefficient (Wildman–Crippen LogP) is 1.48. The summed E-state index contributed by atoms with van der Waals surface area (Å²) in [4.78, 5) is 15.4. The van der Waals surface area contributed by atoms with Crippen LogP contribution in [0.2, 0.25) is 5.28 Å². The summed E-state index contributed by atoms with van der Waals surface area (Å²) in [5.74, 6) is 1.02. The van der Waals surface area contributed by atoms with Crippen LogP contribution in [0.25, 0.3) is 11.2 Å². The highest BCUT2D eigenvalue weighted by molar-refractivity contribution is 6.28. The predicted molar refractivity (Wildman–Crippen MR) is 114 cm³/mol. The first-order valence-electron chi connectivity index (χ1n) is 10.4. The molecule has 3 aromatic rings. The Kier molecular flexibility index (Phi) is 5.53. The fourth-order valence-electron chi connectivity index (χ4n) is 4.56. The number of nitrogens with zero attached hydrogens (tertiary/aromatic N) is 5. The molecule has 0 radical (unpaired) electrons. The van der Waals surface area contributed by atoms with Gasteiger partial charge >= 0.3 is 0 Å². The van der Waals surface area contributed by atoms with Gasteiger partial charge in [-0.15, -0.1) is 0 Å². The number of halogens is 1. The topological polar surface area (TPSA) is 117 Å². The number of fused-ring (bicyclic) bond motifs is 1. The molecule has 0 aliphatic carbocycles. The van der Waals surface area contributed by atoms with Crippen LogP contribution in [0.1, 0.15) is 30.6 Å². The van der Waals surface area contributed by atoms with Gasteiger partial charge in [0.15, 0.2) is 23.2 Å². The smallest absolute Gasteiger partial charge is 0.226 e. The number of hydrogen-bond acceptors (Lipinski definition) is 8. The van der Waals surface area contributed by atoms with Crippen LogP contribution in [0.15, 0.2) is 36.7 Å². The third kappa shape index (κ3) is 3.66. The average molecular weight is 446 g/mol. The Labute approximate surface area is 183 Å². The molecule has 164 valence electrons. The molecule has 0 spiro atoms. The summed E-state index contributed by atoms with van der Waals surface area (Å²) in [5.41, 5.74) is 2.25. The number of aromatic nitrogens is 4. The standard InChI is InChI=1S/C21H24ClN5O4/c22-21-24-18(26-8-4-7-13(9-26)12-5-2-1-3-6-12)15-19(25-21)27(11-23-15)20-17(30)16(29)14(10-28)31-20/h1-3,5-6,11,13-14,16-17,20,28-30H,4,7-10H2/t13?,14-,16?,17?,20-/m1/s1. The molecule has 10 heteroatoms. The van der Waals surface area contributed by atoms with Crippen molar-refractivity contribution in [2.75, 3.05) is 24.6 Å². The Bertz CT molecular complexity index is 1060. The number of rotatable bonds is 4. The van der Waals surface area contributed by atoms with E-state index in [0.717, 1.165) is 25.9 Å². The molecule has 0 saturated carbocycles. The highest BCUT2D eigenvalue weighted by Gasteiger charge is 2.44. The Balaban J connectivity index is 1.49. The van der Waals surface area contributed by atoms with Gasteiger partial charge in [0, 0.05) is 19.0 Å². The van der Waals surface area contributed by atoms with Gasteiger partial charge < -0.3 is 25.0 Å². The molecule has 9 nitrogen and oxygen atoms in total. The van der Waals surface area contributed by atoms with Gasteiger partial charge in [-0.1, -0.05) is 30.3 Å². The number of piperidine rings is 1. The summed E-state index contributed by atoms with van der Waals surface area (Å²) in [7, 11) is 0. The second-order valence-corrected chi connectivity index (χ2v) is 8.40. The molecule has 2 fully saturated rings. The van der Waals surface area contributed by atoms with Crippen molar-refractivity contribution < 1.29 is 20.1 Å².